The van der Waals surface area contributed by atoms with E-state index < -0.39 is 116 Å². The van der Waals surface area contributed by atoms with E-state index in [9.17, 15) is 33.6 Å². The molecule has 2 aliphatic heterocycles. The summed E-state index contributed by atoms with van der Waals surface area (Å²) in [5.41, 5.74) is 0. The second-order valence-corrected chi connectivity index (χ2v) is 13.7. The molecule has 2 heterocycles. The largest absolute Gasteiger partial charge is 0.463 e. The lowest BCUT2D eigenvalue weighted by atomic mass is 9.96. The molecule has 2 aliphatic rings. The Labute approximate surface area is 333 Å². The maximum absolute atomic E-state index is 12.6. The second-order valence-electron chi connectivity index (χ2n) is 13.7. The number of allylic oxidation sites excluding steroid dienone is 1. The van der Waals surface area contributed by atoms with Gasteiger partial charge in [0, 0.05) is 48.5 Å². The first-order valence-corrected chi connectivity index (χ1v) is 19.4. The number of unbranched alkanes of at least 4 members (excludes halogenated alkanes) is 8. The van der Waals surface area contributed by atoms with Crippen LogP contribution in [-0.4, -0.2) is 123 Å². The van der Waals surface area contributed by atoms with E-state index in [4.69, 9.17) is 52.1 Å². The van der Waals surface area contributed by atoms with Crippen molar-refractivity contribution >= 4 is 41.8 Å². The number of hydrogen-bond donors (Lipinski definition) is 0. The molecule has 0 N–H and O–H groups in total. The number of esters is 7. The van der Waals surface area contributed by atoms with Crippen molar-refractivity contribution in [3.63, 3.8) is 0 Å². The summed E-state index contributed by atoms with van der Waals surface area (Å²) in [7, 11) is 0. The molecule has 0 spiro atoms. The van der Waals surface area contributed by atoms with Crippen LogP contribution in [0.2, 0.25) is 0 Å². The topological polar surface area (TPSA) is 221 Å². The van der Waals surface area contributed by atoms with Crippen LogP contribution in [-0.2, 0) is 85.7 Å². The first-order chi connectivity index (χ1) is 27.0. The molecule has 57 heavy (non-hydrogen) atoms. The highest BCUT2D eigenvalue weighted by atomic mass is 16.8. The van der Waals surface area contributed by atoms with E-state index in [1.54, 1.807) is 6.08 Å². The summed E-state index contributed by atoms with van der Waals surface area (Å²) in [5, 5.41) is 0. The molecule has 0 aliphatic carbocycles. The Hall–Kier alpha value is -4.13. The maximum atomic E-state index is 12.6. The molecule has 0 aromatic heterocycles. The molecule has 0 amide bonds. The molecule has 10 atom stereocenters. The SMILES string of the molecule is CCCCCCCCCCC=CCO[C@@H]1O[C@H](COC(C)=O)[C@@H](O[C@@H]2O[C@H](COC(C)=O)[C@H](OC(C)=O)[C@H](OC(C)=O)[C@H]2OC(C)=O)[C@H](OC(C)=O)[C@H]1OC(C)=O. The Balaban J connectivity index is 2.49. The molecular weight excluding hydrogens is 756 g/mol. The Morgan fingerprint density at radius 2 is 0.860 bits per heavy atom. The zero-order valence-corrected chi connectivity index (χ0v) is 34.3. The van der Waals surface area contributed by atoms with Crippen LogP contribution in [0.3, 0.4) is 0 Å². The van der Waals surface area contributed by atoms with Gasteiger partial charge in [-0.15, -0.1) is 0 Å². The highest BCUT2D eigenvalue weighted by Gasteiger charge is 2.57. The molecule has 0 aromatic rings. The van der Waals surface area contributed by atoms with Crippen LogP contribution in [0.5, 0.6) is 0 Å². The lowest BCUT2D eigenvalue weighted by Crippen LogP contribution is -2.67. The third kappa shape index (κ3) is 18.3. The van der Waals surface area contributed by atoms with Crippen molar-refractivity contribution < 1.29 is 85.7 Å². The van der Waals surface area contributed by atoms with Crippen LogP contribution >= 0.6 is 0 Å². The first kappa shape index (κ1) is 49.0. The zero-order chi connectivity index (χ0) is 42.5. The molecule has 2 fully saturated rings. The van der Waals surface area contributed by atoms with Gasteiger partial charge in [-0.3, -0.25) is 33.6 Å². The van der Waals surface area contributed by atoms with Crippen LogP contribution < -0.4 is 0 Å². The quantitative estimate of drug-likeness (QED) is 0.0621. The zero-order valence-electron chi connectivity index (χ0n) is 34.3. The van der Waals surface area contributed by atoms with E-state index in [0.717, 1.165) is 74.1 Å². The standard InChI is InChI=1S/C39H60O18/c1-9-10-11-12-13-14-15-16-17-18-19-20-47-38-36(53-28(7)45)35(52-27(6)44)33(31(55-38)22-49-24(3)41)57-39-37(54-29(8)46)34(51-26(5)43)32(50-25(4)42)30(56-39)21-48-23(2)40/h18-19,30-39H,9-17,20-22H2,1-8H3/t30-,31-,32+,33-,34+,35+,36-,37-,38-,39+/m1/s1. The molecule has 2 rings (SSSR count). The third-order valence-corrected chi connectivity index (χ3v) is 8.63. The minimum atomic E-state index is -1.77. The molecule has 0 unspecified atom stereocenters. The summed E-state index contributed by atoms with van der Waals surface area (Å²) >= 11 is 0. The molecule has 0 bridgehead atoms. The van der Waals surface area contributed by atoms with Crippen LogP contribution in [0.1, 0.15) is 113 Å². The van der Waals surface area contributed by atoms with Crippen molar-refractivity contribution in [2.75, 3.05) is 19.8 Å². The van der Waals surface area contributed by atoms with Crippen molar-refractivity contribution in [1.29, 1.82) is 0 Å². The predicted octanol–water partition coefficient (Wildman–Crippen LogP) is 3.71. The second kappa shape index (κ2) is 26.0. The first-order valence-electron chi connectivity index (χ1n) is 19.4. The molecule has 2 saturated heterocycles. The summed E-state index contributed by atoms with van der Waals surface area (Å²) in [6.45, 7) is 8.77. The Morgan fingerprint density at radius 3 is 1.35 bits per heavy atom. The van der Waals surface area contributed by atoms with Crippen LogP contribution in [0, 0.1) is 0 Å². The van der Waals surface area contributed by atoms with E-state index in [1.807, 2.05) is 6.08 Å². The van der Waals surface area contributed by atoms with Gasteiger partial charge in [-0.1, -0.05) is 64.0 Å². The number of carbonyl (C=O) groups is 7. The number of carbonyl (C=O) groups excluding carboxylic acids is 7. The van der Waals surface area contributed by atoms with E-state index in [1.165, 1.54) is 32.1 Å². The fraction of sp³-hybridized carbons (Fsp3) is 0.769. The van der Waals surface area contributed by atoms with Crippen molar-refractivity contribution in [3.05, 3.63) is 12.2 Å². The average molecular weight is 817 g/mol. The van der Waals surface area contributed by atoms with Crippen LogP contribution in [0.25, 0.3) is 0 Å². The van der Waals surface area contributed by atoms with Crippen molar-refractivity contribution in [1.82, 2.24) is 0 Å². The Kier molecular flexibility index (Phi) is 22.3. The fourth-order valence-electron chi connectivity index (χ4n) is 6.34. The normalized spacial score (nSPS) is 27.2. The molecule has 0 saturated carbocycles. The van der Waals surface area contributed by atoms with Gasteiger partial charge in [0.2, 0.25) is 0 Å². The van der Waals surface area contributed by atoms with Gasteiger partial charge in [0.15, 0.2) is 43.1 Å². The molecule has 18 heteroatoms. The fourth-order valence-corrected chi connectivity index (χ4v) is 6.34. The highest BCUT2D eigenvalue weighted by Crippen LogP contribution is 2.35. The van der Waals surface area contributed by atoms with Gasteiger partial charge in [0.1, 0.15) is 31.5 Å². The third-order valence-electron chi connectivity index (χ3n) is 8.63. The van der Waals surface area contributed by atoms with Gasteiger partial charge in [0.25, 0.3) is 0 Å². The summed E-state index contributed by atoms with van der Waals surface area (Å²) in [5.74, 6) is -5.71. The van der Waals surface area contributed by atoms with Crippen molar-refractivity contribution in [2.24, 2.45) is 0 Å². The smallest absolute Gasteiger partial charge is 0.303 e. The minimum absolute atomic E-state index is 0.00224. The summed E-state index contributed by atoms with van der Waals surface area (Å²) < 4.78 is 62.8. The number of rotatable bonds is 23. The van der Waals surface area contributed by atoms with Gasteiger partial charge in [-0.05, 0) is 12.8 Å². The molecule has 18 nitrogen and oxygen atoms in total. The molecule has 324 valence electrons. The van der Waals surface area contributed by atoms with Crippen LogP contribution in [0.4, 0.5) is 0 Å². The summed E-state index contributed by atoms with van der Waals surface area (Å²) in [4.78, 5) is 85.9. The van der Waals surface area contributed by atoms with Crippen molar-refractivity contribution in [3.8, 4) is 0 Å². The lowest BCUT2D eigenvalue weighted by molar-refractivity contribution is -0.360. The van der Waals surface area contributed by atoms with E-state index in [0.29, 0.717) is 0 Å². The van der Waals surface area contributed by atoms with Crippen molar-refractivity contribution in [2.45, 2.75) is 175 Å². The van der Waals surface area contributed by atoms with Gasteiger partial charge >= 0.3 is 41.8 Å². The Morgan fingerprint density at radius 1 is 0.456 bits per heavy atom. The highest BCUT2D eigenvalue weighted by molar-refractivity contribution is 5.69. The van der Waals surface area contributed by atoms with E-state index >= 15 is 0 Å². The predicted molar refractivity (Wildman–Crippen MR) is 196 cm³/mol. The van der Waals surface area contributed by atoms with E-state index in [-0.39, 0.29) is 6.61 Å². The van der Waals surface area contributed by atoms with Gasteiger partial charge in [-0.25, -0.2) is 0 Å². The van der Waals surface area contributed by atoms with Crippen LogP contribution in [0.15, 0.2) is 12.2 Å². The number of ether oxygens (including phenoxy) is 11. The monoisotopic (exact) mass is 816 g/mol. The van der Waals surface area contributed by atoms with Gasteiger partial charge in [0.05, 0.1) is 6.61 Å². The lowest BCUT2D eigenvalue weighted by Gasteiger charge is -2.48. The van der Waals surface area contributed by atoms with Gasteiger partial charge < -0.3 is 52.1 Å². The van der Waals surface area contributed by atoms with E-state index in [2.05, 4.69) is 6.92 Å². The summed E-state index contributed by atoms with van der Waals surface area (Å²) in [6, 6.07) is 0. The number of hydrogen-bond acceptors (Lipinski definition) is 18. The Bertz CT molecular complexity index is 1350. The summed E-state index contributed by atoms with van der Waals surface area (Å²) in [6.07, 6.45) is -1.24. The van der Waals surface area contributed by atoms with Gasteiger partial charge in [-0.2, -0.15) is 0 Å². The average Bonchev–Trinajstić information content (AvgIpc) is 3.10. The molecule has 0 radical (unpaired) electrons. The maximum Gasteiger partial charge on any atom is 0.303 e. The minimum Gasteiger partial charge on any atom is -0.463 e. The molecule has 0 aromatic carbocycles. The molecular formula is C39H60O18.